The standard InChI is InChI=1S/C15H24N4O/c1-19(2)14-8-7-12(10-17-14)18-15(20)13-6-4-3-5-11(13)9-16/h7-8,10-11,13H,3-6,9,16H2,1-2H3,(H,18,20). The lowest BCUT2D eigenvalue weighted by molar-refractivity contribution is -0.122. The average Bonchev–Trinajstić information content (AvgIpc) is 2.47. The van der Waals surface area contributed by atoms with E-state index in [2.05, 4.69) is 10.3 Å². The second-order valence-electron chi connectivity index (χ2n) is 5.68. The molecule has 1 aliphatic rings. The molecule has 1 amide bonds. The van der Waals surface area contributed by atoms with Crippen LogP contribution in [0.1, 0.15) is 25.7 Å². The van der Waals surface area contributed by atoms with Gasteiger partial charge in [-0.2, -0.15) is 0 Å². The van der Waals surface area contributed by atoms with Crippen molar-refractivity contribution in [2.45, 2.75) is 25.7 Å². The molecule has 5 nitrogen and oxygen atoms in total. The molecule has 1 fully saturated rings. The number of rotatable bonds is 4. The van der Waals surface area contributed by atoms with E-state index in [4.69, 9.17) is 5.73 Å². The molecule has 1 aromatic heterocycles. The molecule has 0 radical (unpaired) electrons. The minimum absolute atomic E-state index is 0.0438. The van der Waals surface area contributed by atoms with Gasteiger partial charge in [0.25, 0.3) is 0 Å². The minimum atomic E-state index is 0.0438. The first-order valence-corrected chi connectivity index (χ1v) is 7.26. The van der Waals surface area contributed by atoms with E-state index in [1.807, 2.05) is 31.1 Å². The maximum absolute atomic E-state index is 12.4. The summed E-state index contributed by atoms with van der Waals surface area (Å²) >= 11 is 0. The molecule has 1 aromatic rings. The van der Waals surface area contributed by atoms with Gasteiger partial charge in [-0.05, 0) is 37.4 Å². The highest BCUT2D eigenvalue weighted by Gasteiger charge is 2.29. The summed E-state index contributed by atoms with van der Waals surface area (Å²) < 4.78 is 0. The smallest absolute Gasteiger partial charge is 0.227 e. The van der Waals surface area contributed by atoms with E-state index in [1.54, 1.807) is 6.20 Å². The summed E-state index contributed by atoms with van der Waals surface area (Å²) in [7, 11) is 3.88. The van der Waals surface area contributed by atoms with Gasteiger partial charge in [-0.25, -0.2) is 4.98 Å². The second-order valence-corrected chi connectivity index (χ2v) is 5.68. The third-order valence-corrected chi connectivity index (χ3v) is 4.02. The number of amides is 1. The van der Waals surface area contributed by atoms with Crippen molar-refractivity contribution >= 4 is 17.4 Å². The van der Waals surface area contributed by atoms with Crippen LogP contribution in [0.25, 0.3) is 0 Å². The summed E-state index contributed by atoms with van der Waals surface area (Å²) in [4.78, 5) is 18.6. The molecule has 0 bridgehead atoms. The van der Waals surface area contributed by atoms with Gasteiger partial charge in [0.15, 0.2) is 0 Å². The Kier molecular flexibility index (Phi) is 4.95. The Morgan fingerprint density at radius 3 is 2.75 bits per heavy atom. The zero-order chi connectivity index (χ0) is 14.5. The molecule has 1 saturated carbocycles. The Labute approximate surface area is 120 Å². The van der Waals surface area contributed by atoms with Gasteiger partial charge in [0.2, 0.25) is 5.91 Å². The molecule has 1 heterocycles. The second kappa shape index (κ2) is 6.70. The molecule has 0 spiro atoms. The molecule has 2 rings (SSSR count). The average molecular weight is 276 g/mol. The number of carbonyl (C=O) groups is 1. The van der Waals surface area contributed by atoms with Crippen LogP contribution in [0.15, 0.2) is 18.3 Å². The van der Waals surface area contributed by atoms with Gasteiger partial charge in [-0.15, -0.1) is 0 Å². The Morgan fingerprint density at radius 1 is 1.40 bits per heavy atom. The van der Waals surface area contributed by atoms with Crippen molar-refractivity contribution in [3.63, 3.8) is 0 Å². The fraction of sp³-hybridized carbons (Fsp3) is 0.600. The third kappa shape index (κ3) is 3.48. The zero-order valence-corrected chi connectivity index (χ0v) is 12.3. The predicted molar refractivity (Wildman–Crippen MR) is 81.7 cm³/mol. The van der Waals surface area contributed by atoms with Crippen molar-refractivity contribution in [1.82, 2.24) is 4.98 Å². The lowest BCUT2D eigenvalue weighted by Gasteiger charge is -2.29. The highest BCUT2D eigenvalue weighted by atomic mass is 16.1. The van der Waals surface area contributed by atoms with Crippen molar-refractivity contribution in [3.8, 4) is 0 Å². The van der Waals surface area contributed by atoms with Gasteiger partial charge >= 0.3 is 0 Å². The number of nitrogens with zero attached hydrogens (tertiary/aromatic N) is 2. The highest BCUT2D eigenvalue weighted by molar-refractivity contribution is 5.92. The Hall–Kier alpha value is -1.62. The van der Waals surface area contributed by atoms with Crippen LogP contribution in [0.3, 0.4) is 0 Å². The number of carbonyl (C=O) groups excluding carboxylic acids is 1. The molecule has 3 N–H and O–H groups in total. The molecule has 0 aromatic carbocycles. The summed E-state index contributed by atoms with van der Waals surface area (Å²) in [6.45, 7) is 0.593. The van der Waals surface area contributed by atoms with Crippen molar-refractivity contribution in [1.29, 1.82) is 0 Å². The number of nitrogens with two attached hydrogens (primary N) is 1. The van der Waals surface area contributed by atoms with E-state index in [9.17, 15) is 4.79 Å². The largest absolute Gasteiger partial charge is 0.363 e. The fourth-order valence-electron chi connectivity index (χ4n) is 2.79. The maximum Gasteiger partial charge on any atom is 0.227 e. The number of aromatic nitrogens is 1. The van der Waals surface area contributed by atoms with E-state index in [0.29, 0.717) is 12.5 Å². The van der Waals surface area contributed by atoms with E-state index in [-0.39, 0.29) is 11.8 Å². The quantitative estimate of drug-likeness (QED) is 0.880. The van der Waals surface area contributed by atoms with E-state index in [1.165, 1.54) is 6.42 Å². The number of anilines is 2. The summed E-state index contributed by atoms with van der Waals surface area (Å²) in [5, 5.41) is 2.97. The lowest BCUT2D eigenvalue weighted by Crippen LogP contribution is -2.35. The van der Waals surface area contributed by atoms with E-state index in [0.717, 1.165) is 30.8 Å². The van der Waals surface area contributed by atoms with E-state index >= 15 is 0 Å². The van der Waals surface area contributed by atoms with Crippen molar-refractivity contribution in [2.75, 3.05) is 30.9 Å². The first kappa shape index (κ1) is 14.8. The third-order valence-electron chi connectivity index (χ3n) is 4.02. The van der Waals surface area contributed by atoms with Crippen LogP contribution in [-0.2, 0) is 4.79 Å². The summed E-state index contributed by atoms with van der Waals surface area (Å²) in [6, 6.07) is 3.79. The number of pyridine rings is 1. The topological polar surface area (TPSA) is 71.2 Å². The van der Waals surface area contributed by atoms with Gasteiger partial charge in [0.1, 0.15) is 5.82 Å². The summed E-state index contributed by atoms with van der Waals surface area (Å²) in [6.07, 6.45) is 6.01. The fourth-order valence-corrected chi connectivity index (χ4v) is 2.79. The van der Waals surface area contributed by atoms with Crippen LogP contribution < -0.4 is 16.0 Å². The summed E-state index contributed by atoms with van der Waals surface area (Å²) in [5.74, 6) is 1.32. The molecular formula is C15H24N4O. The molecule has 2 atom stereocenters. The van der Waals surface area contributed by atoms with Gasteiger partial charge in [0, 0.05) is 20.0 Å². The Morgan fingerprint density at radius 2 is 2.15 bits per heavy atom. The van der Waals surface area contributed by atoms with Gasteiger partial charge < -0.3 is 16.0 Å². The maximum atomic E-state index is 12.4. The first-order valence-electron chi connectivity index (χ1n) is 7.26. The molecule has 5 heteroatoms. The summed E-state index contributed by atoms with van der Waals surface area (Å²) in [5.41, 5.74) is 6.53. The van der Waals surface area contributed by atoms with Gasteiger partial charge in [-0.3, -0.25) is 4.79 Å². The molecule has 0 saturated heterocycles. The monoisotopic (exact) mass is 276 g/mol. The number of hydrogen-bond donors (Lipinski definition) is 2. The molecule has 2 unspecified atom stereocenters. The van der Waals surface area contributed by atoms with Crippen molar-refractivity contribution in [3.05, 3.63) is 18.3 Å². The van der Waals surface area contributed by atoms with Gasteiger partial charge in [-0.1, -0.05) is 12.8 Å². The zero-order valence-electron chi connectivity index (χ0n) is 12.3. The van der Waals surface area contributed by atoms with Gasteiger partial charge in [0.05, 0.1) is 11.9 Å². The molecule has 20 heavy (non-hydrogen) atoms. The highest BCUT2D eigenvalue weighted by Crippen LogP contribution is 2.30. The van der Waals surface area contributed by atoms with Crippen LogP contribution in [0, 0.1) is 11.8 Å². The Balaban J connectivity index is 1.99. The number of nitrogens with one attached hydrogen (secondary N) is 1. The molecule has 110 valence electrons. The Bertz CT molecular complexity index is 444. The lowest BCUT2D eigenvalue weighted by atomic mass is 9.79. The minimum Gasteiger partial charge on any atom is -0.363 e. The van der Waals surface area contributed by atoms with E-state index < -0.39 is 0 Å². The van der Waals surface area contributed by atoms with Crippen LogP contribution in [0.2, 0.25) is 0 Å². The van der Waals surface area contributed by atoms with Crippen molar-refractivity contribution < 1.29 is 4.79 Å². The first-order chi connectivity index (χ1) is 9.61. The molecule has 1 aliphatic carbocycles. The molecule has 0 aliphatic heterocycles. The number of hydrogen-bond acceptors (Lipinski definition) is 4. The van der Waals surface area contributed by atoms with Crippen LogP contribution in [-0.4, -0.2) is 31.5 Å². The van der Waals surface area contributed by atoms with Crippen LogP contribution in [0.4, 0.5) is 11.5 Å². The van der Waals surface area contributed by atoms with Crippen LogP contribution in [0.5, 0.6) is 0 Å². The van der Waals surface area contributed by atoms with Crippen molar-refractivity contribution in [2.24, 2.45) is 17.6 Å². The SMILES string of the molecule is CN(C)c1ccc(NC(=O)C2CCCCC2CN)cn1. The van der Waals surface area contributed by atoms with Crippen LogP contribution >= 0.6 is 0 Å². The molecular weight excluding hydrogens is 252 g/mol. The normalized spacial score (nSPS) is 22.4. The predicted octanol–water partition coefficient (Wildman–Crippen LogP) is 1.85.